The van der Waals surface area contributed by atoms with Gasteiger partial charge in [-0.25, -0.2) is 0 Å². The molecule has 94 valence electrons. The van der Waals surface area contributed by atoms with E-state index in [0.29, 0.717) is 0 Å². The van der Waals surface area contributed by atoms with Crippen molar-refractivity contribution in [3.8, 4) is 0 Å². The van der Waals surface area contributed by atoms with E-state index in [0.717, 1.165) is 25.6 Å². The Hall–Kier alpha value is -0.860. The van der Waals surface area contributed by atoms with Crippen molar-refractivity contribution in [1.29, 1.82) is 0 Å². The Morgan fingerprint density at radius 1 is 1.29 bits per heavy atom. The Morgan fingerprint density at radius 3 is 2.71 bits per heavy atom. The van der Waals surface area contributed by atoms with Crippen LogP contribution >= 0.6 is 0 Å². The fraction of sp³-hybridized carbons (Fsp3) is 0.600. The summed E-state index contributed by atoms with van der Waals surface area (Å²) in [5.74, 6) is 0.735. The quantitative estimate of drug-likeness (QED) is 0.870. The van der Waals surface area contributed by atoms with Crippen LogP contribution in [-0.2, 0) is 4.74 Å². The molecule has 0 radical (unpaired) electrons. The second kappa shape index (κ2) is 5.65. The predicted molar refractivity (Wildman–Crippen MR) is 71.0 cm³/mol. The third-order valence-corrected chi connectivity index (χ3v) is 3.76. The molecule has 0 bridgehead atoms. The van der Waals surface area contributed by atoms with Gasteiger partial charge < -0.3 is 10.5 Å². The van der Waals surface area contributed by atoms with Crippen LogP contribution in [0.5, 0.6) is 0 Å². The molecule has 1 saturated heterocycles. The summed E-state index contributed by atoms with van der Waals surface area (Å²) in [6.45, 7) is 6.09. The number of hydrogen-bond acceptors (Lipinski definition) is 2. The van der Waals surface area contributed by atoms with Crippen molar-refractivity contribution in [3.05, 3.63) is 34.9 Å². The zero-order chi connectivity index (χ0) is 12.3. The molecule has 1 aliphatic heterocycles. The molecule has 17 heavy (non-hydrogen) atoms. The monoisotopic (exact) mass is 233 g/mol. The zero-order valence-electron chi connectivity index (χ0n) is 10.9. The molecule has 1 fully saturated rings. The van der Waals surface area contributed by atoms with Crippen molar-refractivity contribution >= 4 is 0 Å². The van der Waals surface area contributed by atoms with Gasteiger partial charge in [-0.15, -0.1) is 0 Å². The maximum absolute atomic E-state index is 6.35. The fourth-order valence-electron chi connectivity index (χ4n) is 2.63. The molecule has 0 saturated carbocycles. The third kappa shape index (κ3) is 3.30. The molecule has 2 nitrogen and oxygen atoms in total. The molecule has 1 unspecified atom stereocenters. The Balaban J connectivity index is 2.02. The summed E-state index contributed by atoms with van der Waals surface area (Å²) in [5, 5.41) is 0. The lowest BCUT2D eigenvalue weighted by Gasteiger charge is -2.25. The van der Waals surface area contributed by atoms with Crippen LogP contribution in [0.15, 0.2) is 18.2 Å². The highest BCUT2D eigenvalue weighted by atomic mass is 16.5. The minimum atomic E-state index is 0.179. The van der Waals surface area contributed by atoms with Gasteiger partial charge >= 0.3 is 0 Å². The van der Waals surface area contributed by atoms with Crippen molar-refractivity contribution in [2.75, 3.05) is 13.2 Å². The molecule has 1 atom stereocenters. The van der Waals surface area contributed by atoms with Crippen LogP contribution in [0.4, 0.5) is 0 Å². The highest BCUT2D eigenvalue weighted by Gasteiger charge is 2.19. The van der Waals surface area contributed by atoms with E-state index in [2.05, 4.69) is 32.0 Å². The second-order valence-electron chi connectivity index (χ2n) is 5.26. The standard InChI is InChI=1S/C15H23NO/c1-11-3-4-12(2)14(9-11)15(16)10-13-5-7-17-8-6-13/h3-4,9,13,15H,5-8,10,16H2,1-2H3. The predicted octanol–water partition coefficient (Wildman–Crippen LogP) is 3.12. The van der Waals surface area contributed by atoms with Gasteiger partial charge in [-0.1, -0.05) is 23.8 Å². The smallest absolute Gasteiger partial charge is 0.0468 e. The largest absolute Gasteiger partial charge is 0.381 e. The first kappa shape index (κ1) is 12.6. The summed E-state index contributed by atoms with van der Waals surface area (Å²) in [4.78, 5) is 0. The highest BCUT2D eigenvalue weighted by Crippen LogP contribution is 2.28. The van der Waals surface area contributed by atoms with Gasteiger partial charge in [0.2, 0.25) is 0 Å². The van der Waals surface area contributed by atoms with Gasteiger partial charge in [0.25, 0.3) is 0 Å². The number of aryl methyl sites for hydroxylation is 2. The van der Waals surface area contributed by atoms with Crippen molar-refractivity contribution in [2.24, 2.45) is 11.7 Å². The molecule has 0 aliphatic carbocycles. The molecule has 0 aromatic heterocycles. The lowest BCUT2D eigenvalue weighted by Crippen LogP contribution is -2.22. The molecule has 2 rings (SSSR count). The van der Waals surface area contributed by atoms with E-state index >= 15 is 0 Å². The number of ether oxygens (including phenoxy) is 1. The minimum Gasteiger partial charge on any atom is -0.381 e. The molecular formula is C15H23NO. The van der Waals surface area contributed by atoms with Crippen molar-refractivity contribution < 1.29 is 4.74 Å². The van der Waals surface area contributed by atoms with E-state index in [4.69, 9.17) is 10.5 Å². The van der Waals surface area contributed by atoms with Crippen LogP contribution in [0.2, 0.25) is 0 Å². The third-order valence-electron chi connectivity index (χ3n) is 3.76. The molecule has 0 amide bonds. The maximum Gasteiger partial charge on any atom is 0.0468 e. The molecule has 1 aromatic carbocycles. The number of benzene rings is 1. The average molecular weight is 233 g/mol. The van der Waals surface area contributed by atoms with E-state index < -0.39 is 0 Å². The van der Waals surface area contributed by atoms with Crippen LogP contribution in [-0.4, -0.2) is 13.2 Å². The highest BCUT2D eigenvalue weighted by molar-refractivity contribution is 5.32. The fourth-order valence-corrected chi connectivity index (χ4v) is 2.63. The molecule has 1 aromatic rings. The summed E-state index contributed by atoms with van der Waals surface area (Å²) in [7, 11) is 0. The van der Waals surface area contributed by atoms with Gasteiger partial charge in [0.15, 0.2) is 0 Å². The van der Waals surface area contributed by atoms with Gasteiger partial charge in [-0.05, 0) is 50.2 Å². The minimum absolute atomic E-state index is 0.179. The topological polar surface area (TPSA) is 35.2 Å². The van der Waals surface area contributed by atoms with Crippen LogP contribution in [0.3, 0.4) is 0 Å². The van der Waals surface area contributed by atoms with E-state index in [1.54, 1.807) is 0 Å². The second-order valence-corrected chi connectivity index (χ2v) is 5.26. The number of nitrogens with two attached hydrogens (primary N) is 1. The first-order valence-electron chi connectivity index (χ1n) is 6.57. The van der Waals surface area contributed by atoms with Crippen LogP contribution in [0.25, 0.3) is 0 Å². The van der Waals surface area contributed by atoms with Crippen LogP contribution < -0.4 is 5.73 Å². The molecule has 1 aliphatic rings. The maximum atomic E-state index is 6.35. The first-order chi connectivity index (χ1) is 8.16. The summed E-state index contributed by atoms with van der Waals surface area (Å²) in [5.41, 5.74) is 10.3. The van der Waals surface area contributed by atoms with Crippen molar-refractivity contribution in [2.45, 2.75) is 39.2 Å². The van der Waals surface area contributed by atoms with E-state index in [1.807, 2.05) is 0 Å². The zero-order valence-corrected chi connectivity index (χ0v) is 10.9. The Kier molecular flexibility index (Phi) is 4.19. The lowest BCUT2D eigenvalue weighted by molar-refractivity contribution is 0.0618. The summed E-state index contributed by atoms with van der Waals surface area (Å²) in [6.07, 6.45) is 3.42. The molecule has 0 spiro atoms. The molecule has 1 heterocycles. The normalized spacial score (nSPS) is 19.2. The van der Waals surface area contributed by atoms with Gasteiger partial charge in [0, 0.05) is 19.3 Å². The van der Waals surface area contributed by atoms with Gasteiger partial charge in [-0.3, -0.25) is 0 Å². The SMILES string of the molecule is Cc1ccc(C)c(C(N)CC2CCOCC2)c1. The van der Waals surface area contributed by atoms with Gasteiger partial charge in [0.05, 0.1) is 0 Å². The van der Waals surface area contributed by atoms with Crippen LogP contribution in [0.1, 0.15) is 42.0 Å². The number of rotatable bonds is 3. The van der Waals surface area contributed by atoms with E-state index in [-0.39, 0.29) is 6.04 Å². The van der Waals surface area contributed by atoms with Crippen LogP contribution in [0, 0.1) is 19.8 Å². The Bertz CT molecular complexity index is 369. The molecule has 2 N–H and O–H groups in total. The van der Waals surface area contributed by atoms with Crippen molar-refractivity contribution in [3.63, 3.8) is 0 Å². The number of hydrogen-bond donors (Lipinski definition) is 1. The Morgan fingerprint density at radius 2 is 2.00 bits per heavy atom. The first-order valence-corrected chi connectivity index (χ1v) is 6.57. The van der Waals surface area contributed by atoms with Crippen molar-refractivity contribution in [1.82, 2.24) is 0 Å². The summed E-state index contributed by atoms with van der Waals surface area (Å²) in [6, 6.07) is 6.74. The average Bonchev–Trinajstić information content (AvgIpc) is 2.33. The molecular weight excluding hydrogens is 210 g/mol. The van der Waals surface area contributed by atoms with Gasteiger partial charge in [-0.2, -0.15) is 0 Å². The summed E-state index contributed by atoms with van der Waals surface area (Å²) < 4.78 is 5.39. The van der Waals surface area contributed by atoms with E-state index in [1.165, 1.54) is 29.5 Å². The van der Waals surface area contributed by atoms with Gasteiger partial charge in [0.1, 0.15) is 0 Å². The Labute approximate surface area is 104 Å². The molecule has 2 heteroatoms. The lowest BCUT2D eigenvalue weighted by atomic mass is 9.88. The van der Waals surface area contributed by atoms with E-state index in [9.17, 15) is 0 Å². The summed E-state index contributed by atoms with van der Waals surface area (Å²) >= 11 is 0.